The SMILES string of the molecule is Cc1nc(Nc2ccc(C)c(C)c2)cc(C(=O)NC2CCCC2)n1. The van der Waals surface area contributed by atoms with Crippen LogP contribution in [0.3, 0.4) is 0 Å². The normalized spacial score (nSPS) is 14.6. The predicted octanol–water partition coefficient (Wildman–Crippen LogP) is 3.82. The highest BCUT2D eigenvalue weighted by Gasteiger charge is 2.19. The lowest BCUT2D eigenvalue weighted by Crippen LogP contribution is -2.33. The lowest BCUT2D eigenvalue weighted by atomic mass is 10.1. The number of anilines is 2. The van der Waals surface area contributed by atoms with Crippen molar-refractivity contribution in [2.75, 3.05) is 5.32 Å². The first-order valence-electron chi connectivity index (χ1n) is 8.52. The number of benzene rings is 1. The molecule has 0 unspecified atom stereocenters. The second kappa shape index (κ2) is 6.99. The maximum Gasteiger partial charge on any atom is 0.270 e. The van der Waals surface area contributed by atoms with E-state index in [2.05, 4.69) is 46.6 Å². The Morgan fingerprint density at radius 3 is 2.50 bits per heavy atom. The van der Waals surface area contributed by atoms with Gasteiger partial charge >= 0.3 is 0 Å². The first kappa shape index (κ1) is 16.4. The van der Waals surface area contributed by atoms with Crippen LogP contribution in [-0.4, -0.2) is 21.9 Å². The summed E-state index contributed by atoms with van der Waals surface area (Å²) in [7, 11) is 0. The number of rotatable bonds is 4. The number of aryl methyl sites for hydroxylation is 3. The Labute approximate surface area is 142 Å². The molecular weight excluding hydrogens is 300 g/mol. The van der Waals surface area contributed by atoms with Crippen molar-refractivity contribution in [3.05, 3.63) is 46.9 Å². The van der Waals surface area contributed by atoms with Crippen molar-refractivity contribution in [2.45, 2.75) is 52.5 Å². The lowest BCUT2D eigenvalue weighted by molar-refractivity contribution is 0.0932. The molecule has 5 nitrogen and oxygen atoms in total. The Balaban J connectivity index is 1.77. The van der Waals surface area contributed by atoms with E-state index in [-0.39, 0.29) is 11.9 Å². The molecule has 0 aliphatic heterocycles. The van der Waals surface area contributed by atoms with E-state index in [4.69, 9.17) is 0 Å². The number of nitrogens with one attached hydrogen (secondary N) is 2. The average Bonchev–Trinajstić information content (AvgIpc) is 3.03. The van der Waals surface area contributed by atoms with Gasteiger partial charge in [0.2, 0.25) is 0 Å². The molecule has 0 radical (unpaired) electrons. The molecule has 2 N–H and O–H groups in total. The number of nitrogens with zero attached hydrogens (tertiary/aromatic N) is 2. The van der Waals surface area contributed by atoms with Gasteiger partial charge in [0.1, 0.15) is 17.3 Å². The Morgan fingerprint density at radius 1 is 1.04 bits per heavy atom. The lowest BCUT2D eigenvalue weighted by Gasteiger charge is -2.13. The fourth-order valence-corrected chi connectivity index (χ4v) is 3.04. The number of hydrogen-bond donors (Lipinski definition) is 2. The van der Waals surface area contributed by atoms with Gasteiger partial charge in [-0.25, -0.2) is 9.97 Å². The first-order valence-corrected chi connectivity index (χ1v) is 8.52. The van der Waals surface area contributed by atoms with Crippen molar-refractivity contribution in [3.63, 3.8) is 0 Å². The van der Waals surface area contributed by atoms with Crippen LogP contribution in [0.2, 0.25) is 0 Å². The van der Waals surface area contributed by atoms with E-state index < -0.39 is 0 Å². The second-order valence-electron chi connectivity index (χ2n) is 6.56. The molecule has 1 aliphatic rings. The highest BCUT2D eigenvalue weighted by atomic mass is 16.1. The molecule has 1 saturated carbocycles. The molecule has 126 valence electrons. The fraction of sp³-hybridized carbons (Fsp3) is 0.421. The van der Waals surface area contributed by atoms with E-state index in [0.29, 0.717) is 17.3 Å². The molecular formula is C19H24N4O. The molecule has 5 heteroatoms. The predicted molar refractivity (Wildman–Crippen MR) is 95.7 cm³/mol. The van der Waals surface area contributed by atoms with E-state index in [1.54, 1.807) is 13.0 Å². The smallest absolute Gasteiger partial charge is 0.270 e. The van der Waals surface area contributed by atoms with Crippen molar-refractivity contribution in [2.24, 2.45) is 0 Å². The summed E-state index contributed by atoms with van der Waals surface area (Å²) in [5.41, 5.74) is 3.83. The Morgan fingerprint density at radius 2 is 1.79 bits per heavy atom. The van der Waals surface area contributed by atoms with Crippen LogP contribution in [0.15, 0.2) is 24.3 Å². The van der Waals surface area contributed by atoms with Crippen molar-refractivity contribution in [3.8, 4) is 0 Å². The summed E-state index contributed by atoms with van der Waals surface area (Å²) >= 11 is 0. The summed E-state index contributed by atoms with van der Waals surface area (Å²) < 4.78 is 0. The van der Waals surface area contributed by atoms with Crippen LogP contribution in [0.5, 0.6) is 0 Å². The highest BCUT2D eigenvalue weighted by molar-refractivity contribution is 5.93. The van der Waals surface area contributed by atoms with Crippen LogP contribution in [0.1, 0.15) is 53.1 Å². The second-order valence-corrected chi connectivity index (χ2v) is 6.56. The quantitative estimate of drug-likeness (QED) is 0.897. The zero-order valence-corrected chi connectivity index (χ0v) is 14.5. The van der Waals surface area contributed by atoms with Gasteiger partial charge in [-0.3, -0.25) is 4.79 Å². The summed E-state index contributed by atoms with van der Waals surface area (Å²) in [6.07, 6.45) is 4.49. The van der Waals surface area contributed by atoms with Crippen LogP contribution < -0.4 is 10.6 Å². The topological polar surface area (TPSA) is 66.9 Å². The molecule has 0 spiro atoms. The molecule has 3 rings (SSSR count). The van der Waals surface area contributed by atoms with Gasteiger partial charge in [-0.2, -0.15) is 0 Å². The summed E-state index contributed by atoms with van der Waals surface area (Å²) in [6.45, 7) is 5.96. The third-order valence-corrected chi connectivity index (χ3v) is 4.54. The first-order chi connectivity index (χ1) is 11.5. The van der Waals surface area contributed by atoms with Crippen LogP contribution in [0, 0.1) is 20.8 Å². The molecule has 0 atom stereocenters. The van der Waals surface area contributed by atoms with Crippen molar-refractivity contribution < 1.29 is 4.79 Å². The van der Waals surface area contributed by atoms with Crippen LogP contribution in [0.4, 0.5) is 11.5 Å². The molecule has 1 heterocycles. The third-order valence-electron chi connectivity index (χ3n) is 4.54. The van der Waals surface area contributed by atoms with Crippen LogP contribution in [0.25, 0.3) is 0 Å². The summed E-state index contributed by atoms with van der Waals surface area (Å²) in [5.74, 6) is 1.11. The molecule has 1 aromatic heterocycles. The summed E-state index contributed by atoms with van der Waals surface area (Å²) in [4.78, 5) is 21.1. The van der Waals surface area contributed by atoms with E-state index in [0.717, 1.165) is 18.5 Å². The van der Waals surface area contributed by atoms with Gasteiger partial charge in [0, 0.05) is 17.8 Å². The Bertz CT molecular complexity index is 751. The van der Waals surface area contributed by atoms with Gasteiger partial charge in [0.15, 0.2) is 0 Å². The van der Waals surface area contributed by atoms with Gasteiger partial charge < -0.3 is 10.6 Å². The molecule has 1 amide bonds. The number of carbonyl (C=O) groups is 1. The van der Waals surface area contributed by atoms with Gasteiger partial charge in [0.05, 0.1) is 0 Å². The minimum absolute atomic E-state index is 0.115. The molecule has 1 aliphatic carbocycles. The largest absolute Gasteiger partial charge is 0.348 e. The zero-order valence-electron chi connectivity index (χ0n) is 14.5. The standard InChI is InChI=1S/C19H24N4O/c1-12-8-9-16(10-13(12)2)22-18-11-17(20-14(3)21-18)19(24)23-15-6-4-5-7-15/h8-11,15H,4-7H2,1-3H3,(H,23,24)(H,20,21,22). The van der Waals surface area contributed by atoms with Crippen molar-refractivity contribution in [1.82, 2.24) is 15.3 Å². The number of amides is 1. The van der Waals surface area contributed by atoms with Gasteiger partial charge in [-0.15, -0.1) is 0 Å². The monoisotopic (exact) mass is 324 g/mol. The summed E-state index contributed by atoms with van der Waals surface area (Å²) in [6, 6.07) is 8.15. The summed E-state index contributed by atoms with van der Waals surface area (Å²) in [5, 5.41) is 6.34. The number of aromatic nitrogens is 2. The van der Waals surface area contributed by atoms with Crippen LogP contribution in [-0.2, 0) is 0 Å². The number of carbonyl (C=O) groups excluding carboxylic acids is 1. The molecule has 1 aromatic carbocycles. The minimum Gasteiger partial charge on any atom is -0.348 e. The molecule has 2 aromatic rings. The van der Waals surface area contributed by atoms with Crippen molar-refractivity contribution in [1.29, 1.82) is 0 Å². The maximum atomic E-state index is 12.4. The van der Waals surface area contributed by atoms with Crippen LogP contribution >= 0.6 is 0 Å². The average molecular weight is 324 g/mol. The van der Waals surface area contributed by atoms with E-state index >= 15 is 0 Å². The molecule has 24 heavy (non-hydrogen) atoms. The zero-order chi connectivity index (χ0) is 17.1. The minimum atomic E-state index is -0.115. The molecule has 1 fully saturated rings. The molecule has 0 saturated heterocycles. The van der Waals surface area contributed by atoms with E-state index in [1.165, 1.54) is 24.0 Å². The van der Waals surface area contributed by atoms with Crippen molar-refractivity contribution >= 4 is 17.4 Å². The number of hydrogen-bond acceptors (Lipinski definition) is 4. The highest BCUT2D eigenvalue weighted by Crippen LogP contribution is 2.20. The molecule has 0 bridgehead atoms. The maximum absolute atomic E-state index is 12.4. The Kier molecular flexibility index (Phi) is 4.79. The fourth-order valence-electron chi connectivity index (χ4n) is 3.04. The Hall–Kier alpha value is -2.43. The third kappa shape index (κ3) is 3.91. The van der Waals surface area contributed by atoms with E-state index in [9.17, 15) is 4.79 Å². The van der Waals surface area contributed by atoms with Gasteiger partial charge in [-0.1, -0.05) is 18.9 Å². The van der Waals surface area contributed by atoms with Gasteiger partial charge in [-0.05, 0) is 56.9 Å². The van der Waals surface area contributed by atoms with E-state index in [1.807, 2.05) is 6.07 Å². The van der Waals surface area contributed by atoms with Gasteiger partial charge in [0.25, 0.3) is 5.91 Å².